The van der Waals surface area contributed by atoms with Crippen LogP contribution in [0.1, 0.15) is 11.1 Å². The number of para-hydroxylation sites is 1. The summed E-state index contributed by atoms with van der Waals surface area (Å²) < 4.78 is 10.5. The zero-order valence-corrected chi connectivity index (χ0v) is 14.3. The zero-order chi connectivity index (χ0) is 16.5. The van der Waals surface area contributed by atoms with Crippen LogP contribution in [0.5, 0.6) is 11.5 Å². The maximum absolute atomic E-state index is 5.32. The first kappa shape index (κ1) is 17.1. The Hall–Kier alpha value is -2.27. The van der Waals surface area contributed by atoms with E-state index >= 15 is 0 Å². The second-order valence-corrected chi connectivity index (χ2v) is 5.43. The molecule has 0 atom stereocenters. The SMILES string of the molecule is COc1ccc(CCNC(=S)NCc2ccccc2OC)cc1. The maximum Gasteiger partial charge on any atom is 0.166 e. The van der Waals surface area contributed by atoms with Crippen molar-refractivity contribution in [3.05, 3.63) is 59.7 Å². The molecule has 2 rings (SSSR count). The molecule has 0 unspecified atom stereocenters. The number of ether oxygens (including phenoxy) is 2. The van der Waals surface area contributed by atoms with Gasteiger partial charge in [0.2, 0.25) is 0 Å². The second-order valence-electron chi connectivity index (χ2n) is 5.02. The number of rotatable bonds is 7. The van der Waals surface area contributed by atoms with Crippen molar-refractivity contribution in [2.45, 2.75) is 13.0 Å². The number of hydrogen-bond acceptors (Lipinski definition) is 3. The van der Waals surface area contributed by atoms with Gasteiger partial charge in [-0.25, -0.2) is 0 Å². The van der Waals surface area contributed by atoms with Crippen molar-refractivity contribution in [2.75, 3.05) is 20.8 Å². The van der Waals surface area contributed by atoms with Gasteiger partial charge in [0, 0.05) is 18.7 Å². The van der Waals surface area contributed by atoms with E-state index in [0.717, 1.165) is 30.0 Å². The molecule has 0 radical (unpaired) electrons. The predicted octanol–water partition coefficient (Wildman–Crippen LogP) is 2.91. The molecule has 0 heterocycles. The third-order valence-electron chi connectivity index (χ3n) is 3.49. The van der Waals surface area contributed by atoms with Crippen molar-refractivity contribution >= 4 is 17.3 Å². The van der Waals surface area contributed by atoms with Crippen LogP contribution in [0.2, 0.25) is 0 Å². The minimum absolute atomic E-state index is 0.637. The molecule has 122 valence electrons. The van der Waals surface area contributed by atoms with Crippen molar-refractivity contribution in [2.24, 2.45) is 0 Å². The van der Waals surface area contributed by atoms with Crippen LogP contribution in [-0.2, 0) is 13.0 Å². The van der Waals surface area contributed by atoms with E-state index < -0.39 is 0 Å². The molecule has 5 heteroatoms. The van der Waals surface area contributed by atoms with Crippen molar-refractivity contribution in [3.63, 3.8) is 0 Å². The molecule has 23 heavy (non-hydrogen) atoms. The summed E-state index contributed by atoms with van der Waals surface area (Å²) in [5.74, 6) is 1.73. The average Bonchev–Trinajstić information content (AvgIpc) is 2.60. The molecule has 0 saturated carbocycles. The van der Waals surface area contributed by atoms with E-state index in [4.69, 9.17) is 21.7 Å². The molecule has 0 aliphatic rings. The van der Waals surface area contributed by atoms with E-state index in [-0.39, 0.29) is 0 Å². The molecule has 4 nitrogen and oxygen atoms in total. The van der Waals surface area contributed by atoms with Crippen LogP contribution in [0.25, 0.3) is 0 Å². The van der Waals surface area contributed by atoms with Crippen LogP contribution in [0, 0.1) is 0 Å². The van der Waals surface area contributed by atoms with Crippen LogP contribution >= 0.6 is 12.2 Å². The van der Waals surface area contributed by atoms with Gasteiger partial charge in [0.05, 0.1) is 14.2 Å². The van der Waals surface area contributed by atoms with Gasteiger partial charge in [0.25, 0.3) is 0 Å². The Kier molecular flexibility index (Phi) is 6.69. The molecule has 0 amide bonds. The van der Waals surface area contributed by atoms with Crippen molar-refractivity contribution < 1.29 is 9.47 Å². The van der Waals surface area contributed by atoms with E-state index in [1.54, 1.807) is 14.2 Å². The van der Waals surface area contributed by atoms with Crippen molar-refractivity contribution in [3.8, 4) is 11.5 Å². The van der Waals surface area contributed by atoms with E-state index in [0.29, 0.717) is 11.7 Å². The predicted molar refractivity (Wildman–Crippen MR) is 97.1 cm³/mol. The Bertz CT molecular complexity index is 629. The first-order chi connectivity index (χ1) is 11.2. The van der Waals surface area contributed by atoms with Crippen LogP contribution in [0.15, 0.2) is 48.5 Å². The summed E-state index contributed by atoms with van der Waals surface area (Å²) >= 11 is 5.30. The molecule has 2 N–H and O–H groups in total. The van der Waals surface area contributed by atoms with Crippen molar-refractivity contribution in [1.29, 1.82) is 0 Å². The molecule has 0 aliphatic heterocycles. The third kappa shape index (κ3) is 5.45. The Balaban J connectivity index is 1.72. The van der Waals surface area contributed by atoms with Gasteiger partial charge in [-0.1, -0.05) is 30.3 Å². The molecule has 0 saturated heterocycles. The summed E-state index contributed by atoms with van der Waals surface area (Å²) in [7, 11) is 3.34. The summed E-state index contributed by atoms with van der Waals surface area (Å²) in [6.45, 7) is 1.42. The van der Waals surface area contributed by atoms with Gasteiger partial charge < -0.3 is 20.1 Å². The Morgan fingerprint density at radius 3 is 2.39 bits per heavy atom. The van der Waals surface area contributed by atoms with E-state index in [1.165, 1.54) is 5.56 Å². The van der Waals surface area contributed by atoms with Gasteiger partial charge in [-0.3, -0.25) is 0 Å². The second kappa shape index (κ2) is 9.00. The van der Waals surface area contributed by atoms with Crippen LogP contribution in [0.3, 0.4) is 0 Å². The molecule has 2 aromatic rings. The number of thiocarbonyl (C=S) groups is 1. The van der Waals surface area contributed by atoms with Gasteiger partial charge >= 0.3 is 0 Å². The summed E-state index contributed by atoms with van der Waals surface area (Å²) in [6.07, 6.45) is 0.903. The zero-order valence-electron chi connectivity index (χ0n) is 13.5. The standard InChI is InChI=1S/C18H22N2O2S/c1-21-16-9-7-14(8-10-16)11-12-19-18(23)20-13-15-5-3-4-6-17(15)22-2/h3-10H,11-13H2,1-2H3,(H2,19,20,23). The smallest absolute Gasteiger partial charge is 0.166 e. The summed E-state index contributed by atoms with van der Waals surface area (Å²) in [5, 5.41) is 7.06. The Labute approximate surface area is 142 Å². The minimum Gasteiger partial charge on any atom is -0.497 e. The molecule has 0 bridgehead atoms. The van der Waals surface area contributed by atoms with Gasteiger partial charge in [0.15, 0.2) is 5.11 Å². The molecule has 2 aromatic carbocycles. The Morgan fingerprint density at radius 2 is 1.70 bits per heavy atom. The lowest BCUT2D eigenvalue weighted by atomic mass is 10.1. The molecular weight excluding hydrogens is 308 g/mol. The highest BCUT2D eigenvalue weighted by Crippen LogP contribution is 2.16. The van der Waals surface area contributed by atoms with Gasteiger partial charge in [-0.15, -0.1) is 0 Å². The minimum atomic E-state index is 0.637. The highest BCUT2D eigenvalue weighted by atomic mass is 32.1. The monoisotopic (exact) mass is 330 g/mol. The molecule has 0 aliphatic carbocycles. The first-order valence-corrected chi connectivity index (χ1v) is 7.90. The lowest BCUT2D eigenvalue weighted by Crippen LogP contribution is -2.36. The lowest BCUT2D eigenvalue weighted by Gasteiger charge is -2.12. The Morgan fingerprint density at radius 1 is 0.957 bits per heavy atom. The fraction of sp³-hybridized carbons (Fsp3) is 0.278. The van der Waals surface area contributed by atoms with Crippen LogP contribution in [-0.4, -0.2) is 25.9 Å². The van der Waals surface area contributed by atoms with Crippen LogP contribution < -0.4 is 20.1 Å². The molecule has 0 fully saturated rings. The average molecular weight is 330 g/mol. The van der Waals surface area contributed by atoms with Crippen LogP contribution in [0.4, 0.5) is 0 Å². The van der Waals surface area contributed by atoms with Gasteiger partial charge in [-0.05, 0) is 42.4 Å². The molecule has 0 spiro atoms. The third-order valence-corrected chi connectivity index (χ3v) is 3.78. The van der Waals surface area contributed by atoms with E-state index in [2.05, 4.69) is 22.8 Å². The van der Waals surface area contributed by atoms with E-state index in [1.807, 2.05) is 36.4 Å². The number of hydrogen-bond donors (Lipinski definition) is 2. The van der Waals surface area contributed by atoms with Gasteiger partial charge in [0.1, 0.15) is 11.5 Å². The number of nitrogens with one attached hydrogen (secondary N) is 2. The number of methoxy groups -OCH3 is 2. The highest BCUT2D eigenvalue weighted by molar-refractivity contribution is 7.80. The topological polar surface area (TPSA) is 42.5 Å². The highest BCUT2D eigenvalue weighted by Gasteiger charge is 2.02. The normalized spacial score (nSPS) is 10.0. The van der Waals surface area contributed by atoms with Gasteiger partial charge in [-0.2, -0.15) is 0 Å². The summed E-state index contributed by atoms with van der Waals surface area (Å²) in [5.41, 5.74) is 2.32. The largest absolute Gasteiger partial charge is 0.497 e. The van der Waals surface area contributed by atoms with Crippen molar-refractivity contribution in [1.82, 2.24) is 10.6 Å². The first-order valence-electron chi connectivity index (χ1n) is 7.49. The summed E-state index contributed by atoms with van der Waals surface area (Å²) in [6, 6.07) is 16.0. The van der Waals surface area contributed by atoms with E-state index in [9.17, 15) is 0 Å². The quantitative estimate of drug-likeness (QED) is 0.764. The number of benzene rings is 2. The molecular formula is C18H22N2O2S. The summed E-state index contributed by atoms with van der Waals surface area (Å²) in [4.78, 5) is 0. The lowest BCUT2D eigenvalue weighted by molar-refractivity contribution is 0.409. The maximum atomic E-state index is 5.32. The fourth-order valence-electron chi connectivity index (χ4n) is 2.20. The fourth-order valence-corrected chi connectivity index (χ4v) is 2.37. The molecule has 0 aromatic heterocycles.